The van der Waals surface area contributed by atoms with Gasteiger partial charge in [-0.1, -0.05) is 25.4 Å². The number of rotatable bonds is 5. The zero-order valence-corrected chi connectivity index (χ0v) is 13.2. The number of nitrogens with zero attached hydrogens (tertiary/aromatic N) is 2. The van der Waals surface area contributed by atoms with Crippen LogP contribution in [-0.4, -0.2) is 29.4 Å². The molecule has 0 aliphatic carbocycles. The summed E-state index contributed by atoms with van der Waals surface area (Å²) in [5.74, 6) is 0.209. The molecule has 112 valence electrons. The molecule has 0 bridgehead atoms. The summed E-state index contributed by atoms with van der Waals surface area (Å²) >= 11 is 6.03. The van der Waals surface area contributed by atoms with Gasteiger partial charge < -0.3 is 10.2 Å². The summed E-state index contributed by atoms with van der Waals surface area (Å²) in [7, 11) is 0. The van der Waals surface area contributed by atoms with E-state index in [0.717, 1.165) is 25.1 Å². The lowest BCUT2D eigenvalue weighted by Gasteiger charge is -2.26. The van der Waals surface area contributed by atoms with Crippen molar-refractivity contribution in [3.05, 3.63) is 28.8 Å². The van der Waals surface area contributed by atoms with Gasteiger partial charge in [0.25, 0.3) is 0 Å². The Balaban J connectivity index is 2.04. The number of carbonyl (C=O) groups is 1. The zero-order valence-electron chi connectivity index (χ0n) is 12.4. The molecule has 1 aliphatic heterocycles. The molecule has 2 rings (SSSR count). The van der Waals surface area contributed by atoms with Crippen molar-refractivity contribution in [2.24, 2.45) is 0 Å². The molecule has 1 atom stereocenters. The van der Waals surface area contributed by atoms with Gasteiger partial charge >= 0.3 is 0 Å². The standard InChI is InChI=1S/C16H20ClN3O/c1-3-14(4-2)20-10-13(8-16(20)21)19-12-6-5-11(9-18)15(17)7-12/h5-7,13-14,19H,3-4,8,10H2,1-2H3. The van der Waals surface area contributed by atoms with Gasteiger partial charge in [-0.15, -0.1) is 0 Å². The lowest BCUT2D eigenvalue weighted by Crippen LogP contribution is -2.36. The third kappa shape index (κ3) is 3.48. The SMILES string of the molecule is CCC(CC)N1CC(Nc2ccc(C#N)c(Cl)c2)CC1=O. The van der Waals surface area contributed by atoms with Gasteiger partial charge in [-0.3, -0.25) is 4.79 Å². The highest BCUT2D eigenvalue weighted by atomic mass is 35.5. The minimum absolute atomic E-state index is 0.0992. The molecule has 0 radical (unpaired) electrons. The van der Waals surface area contributed by atoms with E-state index < -0.39 is 0 Å². The van der Waals surface area contributed by atoms with E-state index >= 15 is 0 Å². The van der Waals surface area contributed by atoms with Crippen molar-refractivity contribution < 1.29 is 4.79 Å². The molecule has 1 fully saturated rings. The maximum atomic E-state index is 12.1. The number of amides is 1. The van der Waals surface area contributed by atoms with E-state index in [4.69, 9.17) is 16.9 Å². The number of likely N-dealkylation sites (tertiary alicyclic amines) is 1. The van der Waals surface area contributed by atoms with E-state index in [9.17, 15) is 4.79 Å². The molecular weight excluding hydrogens is 286 g/mol. The molecule has 4 nitrogen and oxygen atoms in total. The van der Waals surface area contributed by atoms with Crippen LogP contribution in [0.25, 0.3) is 0 Å². The molecule has 21 heavy (non-hydrogen) atoms. The number of benzene rings is 1. The summed E-state index contributed by atoms with van der Waals surface area (Å²) in [5, 5.41) is 12.6. The molecule has 1 saturated heterocycles. The first-order valence-corrected chi connectivity index (χ1v) is 7.72. The Labute approximate surface area is 130 Å². The second-order valence-electron chi connectivity index (χ2n) is 5.37. The van der Waals surface area contributed by atoms with Crippen molar-refractivity contribution in [2.75, 3.05) is 11.9 Å². The van der Waals surface area contributed by atoms with E-state index in [1.807, 2.05) is 17.0 Å². The number of nitrogens with one attached hydrogen (secondary N) is 1. The summed E-state index contributed by atoms with van der Waals surface area (Å²) in [5.41, 5.74) is 1.31. The zero-order chi connectivity index (χ0) is 15.4. The van der Waals surface area contributed by atoms with Crippen LogP contribution in [0, 0.1) is 11.3 Å². The quantitative estimate of drug-likeness (QED) is 0.907. The molecule has 0 aromatic heterocycles. The van der Waals surface area contributed by atoms with Gasteiger partial charge in [-0.2, -0.15) is 5.26 Å². The van der Waals surface area contributed by atoms with Crippen molar-refractivity contribution in [3.63, 3.8) is 0 Å². The molecule has 1 unspecified atom stereocenters. The number of hydrogen-bond acceptors (Lipinski definition) is 3. The molecule has 1 N–H and O–H groups in total. The molecule has 1 heterocycles. The molecule has 1 aromatic rings. The van der Waals surface area contributed by atoms with Crippen LogP contribution in [0.3, 0.4) is 0 Å². The number of anilines is 1. The highest BCUT2D eigenvalue weighted by Gasteiger charge is 2.32. The second-order valence-corrected chi connectivity index (χ2v) is 5.78. The topological polar surface area (TPSA) is 56.1 Å². The van der Waals surface area contributed by atoms with Crippen molar-refractivity contribution in [1.29, 1.82) is 5.26 Å². The van der Waals surface area contributed by atoms with Gasteiger partial charge in [-0.25, -0.2) is 0 Å². The van der Waals surface area contributed by atoms with Crippen molar-refractivity contribution in [3.8, 4) is 6.07 Å². The highest BCUT2D eigenvalue weighted by Crippen LogP contribution is 2.24. The van der Waals surface area contributed by atoms with Gasteiger partial charge in [0.1, 0.15) is 6.07 Å². The summed E-state index contributed by atoms with van der Waals surface area (Å²) in [4.78, 5) is 14.1. The molecule has 0 saturated carbocycles. The normalized spacial score (nSPS) is 18.1. The van der Waals surface area contributed by atoms with Gasteiger partial charge in [0.2, 0.25) is 5.91 Å². The summed E-state index contributed by atoms with van der Waals surface area (Å²) < 4.78 is 0. The maximum absolute atomic E-state index is 12.1. The molecule has 1 aromatic carbocycles. The van der Waals surface area contributed by atoms with E-state index in [0.29, 0.717) is 23.0 Å². The average Bonchev–Trinajstić information content (AvgIpc) is 2.81. The van der Waals surface area contributed by atoms with E-state index in [1.54, 1.807) is 12.1 Å². The average molecular weight is 306 g/mol. The van der Waals surface area contributed by atoms with E-state index in [2.05, 4.69) is 19.2 Å². The second kappa shape index (κ2) is 6.82. The van der Waals surface area contributed by atoms with Gasteiger partial charge in [0.15, 0.2) is 0 Å². The van der Waals surface area contributed by atoms with Crippen LogP contribution in [-0.2, 0) is 4.79 Å². The minimum Gasteiger partial charge on any atom is -0.380 e. The summed E-state index contributed by atoms with van der Waals surface area (Å²) in [6.07, 6.45) is 2.48. The van der Waals surface area contributed by atoms with Gasteiger partial charge in [-0.05, 0) is 31.0 Å². The lowest BCUT2D eigenvalue weighted by atomic mass is 10.1. The van der Waals surface area contributed by atoms with Crippen LogP contribution >= 0.6 is 11.6 Å². The summed E-state index contributed by atoms with van der Waals surface area (Å²) in [6.45, 7) is 4.95. The van der Waals surface area contributed by atoms with Crippen LogP contribution in [0.15, 0.2) is 18.2 Å². The Hall–Kier alpha value is -1.73. The maximum Gasteiger partial charge on any atom is 0.225 e. The molecule has 0 spiro atoms. The predicted octanol–water partition coefficient (Wildman–Crippen LogP) is 3.41. The largest absolute Gasteiger partial charge is 0.380 e. The van der Waals surface area contributed by atoms with Crippen LogP contribution in [0.2, 0.25) is 5.02 Å². The van der Waals surface area contributed by atoms with Crippen LogP contribution in [0.5, 0.6) is 0 Å². The monoisotopic (exact) mass is 305 g/mol. The van der Waals surface area contributed by atoms with Crippen molar-refractivity contribution in [1.82, 2.24) is 4.90 Å². The Morgan fingerprint density at radius 3 is 2.76 bits per heavy atom. The molecule has 1 aliphatic rings. The molecule has 1 amide bonds. The fraction of sp³-hybridized carbons (Fsp3) is 0.500. The fourth-order valence-electron chi connectivity index (χ4n) is 2.84. The third-order valence-corrected chi connectivity index (χ3v) is 4.31. The Bertz CT molecular complexity index is 563. The van der Waals surface area contributed by atoms with Crippen molar-refractivity contribution >= 4 is 23.2 Å². The number of nitriles is 1. The van der Waals surface area contributed by atoms with Gasteiger partial charge in [0, 0.05) is 24.7 Å². The summed E-state index contributed by atoms with van der Waals surface area (Å²) in [6, 6.07) is 7.73. The lowest BCUT2D eigenvalue weighted by molar-refractivity contribution is -0.129. The third-order valence-electron chi connectivity index (χ3n) is 4.00. The first kappa shape index (κ1) is 15.7. The van der Waals surface area contributed by atoms with E-state index in [1.165, 1.54) is 0 Å². The highest BCUT2D eigenvalue weighted by molar-refractivity contribution is 6.32. The Kier molecular flexibility index (Phi) is 5.08. The van der Waals surface area contributed by atoms with Crippen LogP contribution < -0.4 is 5.32 Å². The van der Waals surface area contributed by atoms with Crippen LogP contribution in [0.1, 0.15) is 38.7 Å². The Morgan fingerprint density at radius 1 is 1.48 bits per heavy atom. The molecule has 5 heteroatoms. The van der Waals surface area contributed by atoms with Crippen molar-refractivity contribution in [2.45, 2.75) is 45.2 Å². The minimum atomic E-state index is 0.0992. The predicted molar refractivity (Wildman–Crippen MR) is 84.3 cm³/mol. The number of halogens is 1. The van der Waals surface area contributed by atoms with Crippen LogP contribution in [0.4, 0.5) is 5.69 Å². The first-order valence-electron chi connectivity index (χ1n) is 7.34. The van der Waals surface area contributed by atoms with E-state index in [-0.39, 0.29) is 11.9 Å². The first-order chi connectivity index (χ1) is 10.1. The number of carbonyl (C=O) groups excluding carboxylic acids is 1. The smallest absolute Gasteiger partial charge is 0.225 e. The van der Waals surface area contributed by atoms with Gasteiger partial charge in [0.05, 0.1) is 16.6 Å². The molecular formula is C16H20ClN3O. The Morgan fingerprint density at radius 2 is 2.19 bits per heavy atom. The fourth-order valence-corrected chi connectivity index (χ4v) is 3.06. The number of hydrogen-bond donors (Lipinski definition) is 1.